The van der Waals surface area contributed by atoms with Gasteiger partial charge in [0.2, 0.25) is 17.7 Å². The van der Waals surface area contributed by atoms with Crippen molar-refractivity contribution in [2.75, 3.05) is 11.9 Å². The minimum atomic E-state index is -0.368. The number of carbonyl (C=O) groups is 3. The Labute approximate surface area is 161 Å². The molecular weight excluding hydrogens is 368 g/mol. The maximum Gasteiger partial charge on any atom is 0.233 e. The lowest BCUT2D eigenvalue weighted by Crippen LogP contribution is -2.40. The minimum absolute atomic E-state index is 0.00535. The van der Waals surface area contributed by atoms with Crippen molar-refractivity contribution in [3.63, 3.8) is 0 Å². The van der Waals surface area contributed by atoms with E-state index in [-0.39, 0.29) is 65.8 Å². The molecule has 6 atom stereocenters. The molecule has 1 heterocycles. The van der Waals surface area contributed by atoms with Gasteiger partial charge in [-0.3, -0.25) is 19.3 Å². The van der Waals surface area contributed by atoms with Crippen LogP contribution in [0.1, 0.15) is 12.8 Å². The molecule has 6 unspecified atom stereocenters. The molecule has 2 N–H and O–H groups in total. The molecule has 0 radical (unpaired) electrons. The predicted octanol–water partition coefficient (Wildman–Crippen LogP) is 2.43. The Kier molecular flexibility index (Phi) is 3.63. The van der Waals surface area contributed by atoms with Crippen LogP contribution in [0.5, 0.6) is 5.75 Å². The summed E-state index contributed by atoms with van der Waals surface area (Å²) in [4.78, 5) is 39.2. The molecule has 4 aliphatic carbocycles. The summed E-state index contributed by atoms with van der Waals surface area (Å²) in [5, 5.41) is 12.8. The Morgan fingerprint density at radius 2 is 1.78 bits per heavy atom. The summed E-state index contributed by atoms with van der Waals surface area (Å²) in [5.41, 5.74) is 0.250. The Bertz CT molecular complexity index is 862. The number of nitrogens with zero attached hydrogens (tertiary/aromatic N) is 1. The second-order valence-electron chi connectivity index (χ2n) is 7.94. The summed E-state index contributed by atoms with van der Waals surface area (Å²) in [6, 6.07) is 4.40. The second kappa shape index (κ2) is 5.83. The zero-order valence-corrected chi connectivity index (χ0v) is 15.2. The number of halogens is 1. The molecule has 3 amide bonds. The highest BCUT2D eigenvalue weighted by atomic mass is 35.5. The maximum absolute atomic E-state index is 12.9. The molecule has 1 aliphatic heterocycles. The summed E-state index contributed by atoms with van der Waals surface area (Å²) < 4.78 is 0. The van der Waals surface area contributed by atoms with Crippen LogP contribution >= 0.6 is 11.6 Å². The van der Waals surface area contributed by atoms with Gasteiger partial charge in [0, 0.05) is 24.1 Å². The monoisotopic (exact) mass is 386 g/mol. The van der Waals surface area contributed by atoms with E-state index < -0.39 is 0 Å². The van der Waals surface area contributed by atoms with Crippen molar-refractivity contribution < 1.29 is 19.5 Å². The van der Waals surface area contributed by atoms with Gasteiger partial charge in [-0.1, -0.05) is 23.8 Å². The van der Waals surface area contributed by atoms with Crippen LogP contribution in [-0.2, 0) is 14.4 Å². The van der Waals surface area contributed by atoms with Crippen LogP contribution < -0.4 is 5.32 Å². The first-order valence-corrected chi connectivity index (χ1v) is 9.65. The molecular formula is C20H19ClN2O4. The first kappa shape index (κ1) is 16.8. The van der Waals surface area contributed by atoms with Gasteiger partial charge in [0.15, 0.2) is 0 Å². The molecule has 3 fully saturated rings. The van der Waals surface area contributed by atoms with Crippen molar-refractivity contribution >= 4 is 35.0 Å². The number of allylic oxidation sites excluding steroid dienone is 2. The number of rotatable bonds is 4. The van der Waals surface area contributed by atoms with E-state index in [4.69, 9.17) is 11.6 Å². The first-order valence-electron chi connectivity index (χ1n) is 9.27. The van der Waals surface area contributed by atoms with Crippen molar-refractivity contribution in [2.45, 2.75) is 12.8 Å². The van der Waals surface area contributed by atoms with E-state index in [1.165, 1.54) is 17.0 Å². The number of phenolic OH excluding ortho intramolecular Hbond substituents is 1. The van der Waals surface area contributed by atoms with E-state index in [9.17, 15) is 19.5 Å². The van der Waals surface area contributed by atoms with Gasteiger partial charge in [0.25, 0.3) is 0 Å². The Balaban J connectivity index is 1.25. The van der Waals surface area contributed by atoms with Gasteiger partial charge in [-0.25, -0.2) is 0 Å². The highest BCUT2D eigenvalue weighted by Gasteiger charge is 2.66. The van der Waals surface area contributed by atoms with Gasteiger partial charge in [-0.15, -0.1) is 0 Å². The predicted molar refractivity (Wildman–Crippen MR) is 97.8 cm³/mol. The van der Waals surface area contributed by atoms with E-state index in [1.54, 1.807) is 6.07 Å². The second-order valence-corrected chi connectivity index (χ2v) is 8.38. The molecule has 1 aromatic rings. The third-order valence-corrected chi connectivity index (χ3v) is 6.79. The van der Waals surface area contributed by atoms with E-state index in [1.807, 2.05) is 0 Å². The number of aromatic hydroxyl groups is 1. The highest BCUT2D eigenvalue weighted by Crippen LogP contribution is 2.65. The molecule has 0 spiro atoms. The number of anilines is 1. The lowest BCUT2D eigenvalue weighted by Gasteiger charge is -2.37. The summed E-state index contributed by atoms with van der Waals surface area (Å²) >= 11 is 5.78. The molecule has 7 heteroatoms. The van der Waals surface area contributed by atoms with Gasteiger partial charge in [-0.2, -0.15) is 0 Å². The largest absolute Gasteiger partial charge is 0.506 e. The van der Waals surface area contributed by atoms with E-state index in [0.717, 1.165) is 6.42 Å². The number of hydrogen-bond acceptors (Lipinski definition) is 4. The molecule has 0 aromatic heterocycles. The third kappa shape index (κ3) is 2.50. The quantitative estimate of drug-likeness (QED) is 0.472. The summed E-state index contributed by atoms with van der Waals surface area (Å²) in [6.07, 6.45) is 5.38. The number of benzene rings is 1. The Morgan fingerprint density at radius 1 is 1.15 bits per heavy atom. The minimum Gasteiger partial charge on any atom is -0.506 e. The van der Waals surface area contributed by atoms with Gasteiger partial charge < -0.3 is 10.4 Å². The molecule has 27 heavy (non-hydrogen) atoms. The van der Waals surface area contributed by atoms with Crippen LogP contribution in [0.4, 0.5) is 5.69 Å². The van der Waals surface area contributed by atoms with Gasteiger partial charge in [0.05, 0.1) is 17.5 Å². The molecule has 5 aliphatic rings. The van der Waals surface area contributed by atoms with Crippen LogP contribution in [0.3, 0.4) is 0 Å². The lowest BCUT2D eigenvalue weighted by molar-refractivity contribution is -0.140. The average molecular weight is 387 g/mol. The fraction of sp³-hybridized carbons (Fsp3) is 0.450. The summed E-state index contributed by atoms with van der Waals surface area (Å²) in [7, 11) is 0. The molecule has 2 bridgehead atoms. The fourth-order valence-electron chi connectivity index (χ4n) is 5.28. The number of carbonyl (C=O) groups excluding carboxylic acids is 3. The van der Waals surface area contributed by atoms with Crippen LogP contribution in [0.15, 0.2) is 30.4 Å². The van der Waals surface area contributed by atoms with E-state index in [2.05, 4.69) is 17.5 Å². The van der Waals surface area contributed by atoms with Gasteiger partial charge in [-0.05, 0) is 42.2 Å². The SMILES string of the molecule is O=C(CCN1C(=O)C2C3C=CC(C4CC34)C2C1=O)Nc1ccc(Cl)cc1O. The van der Waals surface area contributed by atoms with Crippen LogP contribution in [0, 0.1) is 35.5 Å². The van der Waals surface area contributed by atoms with E-state index in [0.29, 0.717) is 16.9 Å². The summed E-state index contributed by atoms with van der Waals surface area (Å²) in [5.74, 6) is 0.276. The number of nitrogens with one attached hydrogen (secondary N) is 1. The summed E-state index contributed by atoms with van der Waals surface area (Å²) in [6.45, 7) is 0.0691. The average Bonchev–Trinajstić information content (AvgIpc) is 3.41. The molecule has 140 valence electrons. The first-order chi connectivity index (χ1) is 13.0. The van der Waals surface area contributed by atoms with Gasteiger partial charge >= 0.3 is 0 Å². The fourth-order valence-corrected chi connectivity index (χ4v) is 5.44. The normalized spacial score (nSPS) is 35.2. The maximum atomic E-state index is 12.9. The number of imide groups is 1. The smallest absolute Gasteiger partial charge is 0.233 e. The van der Waals surface area contributed by atoms with Crippen molar-refractivity contribution in [1.29, 1.82) is 0 Å². The van der Waals surface area contributed by atoms with Crippen molar-refractivity contribution in [3.8, 4) is 5.75 Å². The number of likely N-dealkylation sites (tertiary alicyclic amines) is 1. The zero-order chi connectivity index (χ0) is 18.9. The molecule has 6 nitrogen and oxygen atoms in total. The van der Waals surface area contributed by atoms with Crippen LogP contribution in [-0.4, -0.2) is 34.3 Å². The zero-order valence-electron chi connectivity index (χ0n) is 14.5. The topological polar surface area (TPSA) is 86.7 Å². The Hall–Kier alpha value is -2.34. The van der Waals surface area contributed by atoms with E-state index >= 15 is 0 Å². The van der Waals surface area contributed by atoms with Crippen molar-refractivity contribution in [2.24, 2.45) is 35.5 Å². The highest BCUT2D eigenvalue weighted by molar-refractivity contribution is 6.30. The number of amides is 3. The van der Waals surface area contributed by atoms with Crippen molar-refractivity contribution in [3.05, 3.63) is 35.4 Å². The lowest BCUT2D eigenvalue weighted by atomic mass is 9.63. The molecule has 2 saturated carbocycles. The van der Waals surface area contributed by atoms with Gasteiger partial charge in [0.1, 0.15) is 5.75 Å². The third-order valence-electron chi connectivity index (χ3n) is 6.55. The van der Waals surface area contributed by atoms with Crippen LogP contribution in [0.2, 0.25) is 5.02 Å². The van der Waals surface area contributed by atoms with Crippen molar-refractivity contribution in [1.82, 2.24) is 4.90 Å². The molecule has 1 aromatic carbocycles. The Morgan fingerprint density at radius 3 is 2.37 bits per heavy atom. The number of phenols is 1. The molecule has 1 saturated heterocycles. The van der Waals surface area contributed by atoms with Crippen LogP contribution in [0.25, 0.3) is 0 Å². The molecule has 6 rings (SSSR count). The standard InChI is InChI=1S/C20H19ClN2O4/c21-9-1-4-14(15(24)7-9)22-16(25)5-6-23-19(26)17-10-2-3-11(13-8-12(10)13)18(17)20(23)27/h1-4,7,10-13,17-18,24H,5-6,8H2,(H,22,25). The number of hydrogen-bond donors (Lipinski definition) is 2.